The van der Waals surface area contributed by atoms with Crippen molar-refractivity contribution in [2.75, 3.05) is 13.1 Å². The minimum absolute atomic E-state index is 0.0432. The lowest BCUT2D eigenvalue weighted by Crippen LogP contribution is -2.62. The summed E-state index contributed by atoms with van der Waals surface area (Å²) in [6, 6.07) is 0.148. The van der Waals surface area contributed by atoms with Crippen LogP contribution in [-0.4, -0.2) is 56.4 Å². The number of nitrogens with zero attached hydrogens (tertiary/aromatic N) is 4. The lowest BCUT2D eigenvalue weighted by atomic mass is 9.84. The number of likely N-dealkylation sites (tertiary alicyclic amines) is 2. The van der Waals surface area contributed by atoms with Gasteiger partial charge in [0.05, 0.1) is 16.6 Å². The van der Waals surface area contributed by atoms with Gasteiger partial charge in [-0.05, 0) is 71.3 Å². The molecule has 2 saturated heterocycles. The summed E-state index contributed by atoms with van der Waals surface area (Å²) in [5.74, 6) is 0.0758. The van der Waals surface area contributed by atoms with Crippen molar-refractivity contribution in [3.8, 4) is 0 Å². The first-order valence-corrected chi connectivity index (χ1v) is 10.8. The third-order valence-corrected chi connectivity index (χ3v) is 7.04. The molecule has 0 bridgehead atoms. The van der Waals surface area contributed by atoms with Crippen molar-refractivity contribution >= 4 is 22.9 Å². The van der Waals surface area contributed by atoms with Crippen molar-refractivity contribution in [3.63, 3.8) is 0 Å². The fourth-order valence-electron chi connectivity index (χ4n) is 5.65. The average molecular weight is 396 g/mol. The molecule has 154 valence electrons. The fraction of sp³-hybridized carbons (Fsp3) is 0.636. The van der Waals surface area contributed by atoms with Gasteiger partial charge in [-0.15, -0.1) is 0 Å². The van der Waals surface area contributed by atoms with Crippen LogP contribution in [0.15, 0.2) is 4.52 Å². The van der Waals surface area contributed by atoms with Gasteiger partial charge in [0.25, 0.3) is 11.6 Å². The number of amides is 2. The number of carbonyl (C=O) groups is 2. The second-order valence-electron chi connectivity index (χ2n) is 9.00. The first kappa shape index (κ1) is 18.6. The SMILES string of the molecule is Cc1noc2nc3c(c(C(=O)N4CCCC45CCCN(C(C)C)C5=O)c12)CCC3. The molecule has 1 spiro atoms. The van der Waals surface area contributed by atoms with Crippen LogP contribution in [0.2, 0.25) is 0 Å². The summed E-state index contributed by atoms with van der Waals surface area (Å²) in [6.07, 6.45) is 5.99. The van der Waals surface area contributed by atoms with Crippen molar-refractivity contribution in [2.45, 2.75) is 77.3 Å². The molecule has 7 nitrogen and oxygen atoms in total. The van der Waals surface area contributed by atoms with Crippen LogP contribution in [0.1, 0.15) is 73.3 Å². The van der Waals surface area contributed by atoms with E-state index >= 15 is 0 Å². The Balaban J connectivity index is 1.63. The smallest absolute Gasteiger partial charge is 0.259 e. The number of piperidine rings is 1. The number of aromatic nitrogens is 2. The molecule has 0 N–H and O–H groups in total. The molecule has 7 heteroatoms. The Kier molecular flexibility index (Phi) is 4.19. The van der Waals surface area contributed by atoms with Crippen molar-refractivity contribution in [1.29, 1.82) is 0 Å². The van der Waals surface area contributed by atoms with E-state index in [4.69, 9.17) is 4.52 Å². The molecule has 1 atom stereocenters. The minimum atomic E-state index is -0.703. The first-order chi connectivity index (χ1) is 13.9. The van der Waals surface area contributed by atoms with Gasteiger partial charge in [-0.1, -0.05) is 5.16 Å². The average Bonchev–Trinajstić information content (AvgIpc) is 3.41. The fourth-order valence-corrected chi connectivity index (χ4v) is 5.65. The molecule has 0 aromatic carbocycles. The minimum Gasteiger partial charge on any atom is -0.338 e. The standard InChI is InChI=1S/C22H28N4O3/c1-13(2)25-11-5-9-22(21(25)28)10-6-12-26(22)20(27)18-15-7-4-8-16(15)23-19-17(18)14(3)24-29-19/h13H,4-12H2,1-3H3. The summed E-state index contributed by atoms with van der Waals surface area (Å²) in [5, 5.41) is 4.80. The number of fused-ring (bicyclic) bond motifs is 2. The zero-order chi connectivity index (χ0) is 20.3. The van der Waals surface area contributed by atoms with E-state index in [0.29, 0.717) is 23.5 Å². The second-order valence-corrected chi connectivity index (χ2v) is 9.00. The van der Waals surface area contributed by atoms with Crippen LogP contribution in [0.5, 0.6) is 0 Å². The summed E-state index contributed by atoms with van der Waals surface area (Å²) >= 11 is 0. The van der Waals surface area contributed by atoms with Gasteiger partial charge in [-0.2, -0.15) is 0 Å². The second kappa shape index (κ2) is 6.54. The highest BCUT2D eigenvalue weighted by Gasteiger charge is 2.53. The molecule has 2 fully saturated rings. The quantitative estimate of drug-likeness (QED) is 0.780. The Morgan fingerprint density at radius 3 is 2.66 bits per heavy atom. The topological polar surface area (TPSA) is 79.5 Å². The molecule has 1 unspecified atom stereocenters. The van der Waals surface area contributed by atoms with Crippen molar-refractivity contribution < 1.29 is 14.1 Å². The molecule has 2 amide bonds. The van der Waals surface area contributed by atoms with E-state index < -0.39 is 5.54 Å². The van der Waals surface area contributed by atoms with Crippen molar-refractivity contribution in [1.82, 2.24) is 19.9 Å². The Hall–Kier alpha value is -2.44. The number of aryl methyl sites for hydroxylation is 2. The molecule has 3 aliphatic rings. The number of pyridine rings is 1. The number of rotatable bonds is 2. The van der Waals surface area contributed by atoms with E-state index in [2.05, 4.69) is 24.0 Å². The predicted octanol–water partition coefficient (Wildman–Crippen LogP) is 3.03. The predicted molar refractivity (Wildman–Crippen MR) is 108 cm³/mol. The zero-order valence-electron chi connectivity index (χ0n) is 17.5. The lowest BCUT2D eigenvalue weighted by Gasteiger charge is -2.46. The van der Waals surface area contributed by atoms with Crippen molar-refractivity contribution in [3.05, 3.63) is 22.5 Å². The molecule has 5 rings (SSSR count). The van der Waals surface area contributed by atoms with E-state index in [9.17, 15) is 9.59 Å². The Morgan fingerprint density at radius 1 is 1.14 bits per heavy atom. The van der Waals surface area contributed by atoms with Gasteiger partial charge >= 0.3 is 0 Å². The normalized spacial score (nSPS) is 24.3. The molecule has 2 aliphatic heterocycles. The summed E-state index contributed by atoms with van der Waals surface area (Å²) in [4.78, 5) is 36.0. The van der Waals surface area contributed by atoms with Gasteiger partial charge in [-0.25, -0.2) is 4.98 Å². The van der Waals surface area contributed by atoms with Crippen LogP contribution in [0.3, 0.4) is 0 Å². The van der Waals surface area contributed by atoms with E-state index in [1.165, 1.54) is 0 Å². The lowest BCUT2D eigenvalue weighted by molar-refractivity contribution is -0.147. The largest absolute Gasteiger partial charge is 0.338 e. The van der Waals surface area contributed by atoms with E-state index in [1.807, 2.05) is 16.7 Å². The number of hydrogen-bond donors (Lipinski definition) is 0. The van der Waals surface area contributed by atoms with Gasteiger partial charge in [0.1, 0.15) is 5.54 Å². The molecule has 1 aliphatic carbocycles. The molecule has 2 aromatic rings. The van der Waals surface area contributed by atoms with E-state index in [1.54, 1.807) is 0 Å². The number of carbonyl (C=O) groups excluding carboxylic acids is 2. The molecule has 4 heterocycles. The Labute approximate surface area is 170 Å². The van der Waals surface area contributed by atoms with E-state index in [-0.39, 0.29) is 17.9 Å². The summed E-state index contributed by atoms with van der Waals surface area (Å²) < 4.78 is 5.43. The Bertz CT molecular complexity index is 1010. The van der Waals surface area contributed by atoms with Gasteiger partial charge < -0.3 is 14.3 Å². The van der Waals surface area contributed by atoms with Gasteiger partial charge in [0, 0.05) is 24.8 Å². The van der Waals surface area contributed by atoms with Gasteiger partial charge in [-0.3, -0.25) is 9.59 Å². The molecular formula is C22H28N4O3. The maximum Gasteiger partial charge on any atom is 0.259 e. The van der Waals surface area contributed by atoms with Crippen LogP contribution in [0, 0.1) is 6.92 Å². The first-order valence-electron chi connectivity index (χ1n) is 10.8. The van der Waals surface area contributed by atoms with Crippen LogP contribution in [0.25, 0.3) is 11.1 Å². The maximum absolute atomic E-state index is 14.0. The zero-order valence-corrected chi connectivity index (χ0v) is 17.5. The molecule has 0 radical (unpaired) electrons. The molecule has 0 saturated carbocycles. The van der Waals surface area contributed by atoms with E-state index in [0.717, 1.165) is 68.1 Å². The number of hydrogen-bond acceptors (Lipinski definition) is 5. The highest BCUT2D eigenvalue weighted by molar-refractivity contribution is 6.09. The van der Waals surface area contributed by atoms with Crippen LogP contribution >= 0.6 is 0 Å². The third-order valence-electron chi connectivity index (χ3n) is 7.04. The maximum atomic E-state index is 14.0. The summed E-state index contributed by atoms with van der Waals surface area (Å²) in [7, 11) is 0. The molecular weight excluding hydrogens is 368 g/mol. The van der Waals surface area contributed by atoms with Gasteiger partial charge in [0.15, 0.2) is 0 Å². The van der Waals surface area contributed by atoms with Crippen LogP contribution in [0.4, 0.5) is 0 Å². The summed E-state index contributed by atoms with van der Waals surface area (Å²) in [5.41, 5.74) is 3.09. The summed E-state index contributed by atoms with van der Waals surface area (Å²) in [6.45, 7) is 7.37. The highest BCUT2D eigenvalue weighted by Crippen LogP contribution is 2.41. The van der Waals surface area contributed by atoms with Crippen molar-refractivity contribution in [2.24, 2.45) is 0 Å². The highest BCUT2D eigenvalue weighted by atomic mass is 16.5. The molecule has 2 aromatic heterocycles. The van der Waals surface area contributed by atoms with Crippen LogP contribution in [-0.2, 0) is 17.6 Å². The van der Waals surface area contributed by atoms with Gasteiger partial charge in [0.2, 0.25) is 5.91 Å². The monoisotopic (exact) mass is 396 g/mol. The van der Waals surface area contributed by atoms with Crippen LogP contribution < -0.4 is 0 Å². The Morgan fingerprint density at radius 2 is 1.90 bits per heavy atom. The molecule has 29 heavy (non-hydrogen) atoms. The third kappa shape index (κ3) is 2.55.